The summed E-state index contributed by atoms with van der Waals surface area (Å²) >= 11 is 6.09. The van der Waals surface area contributed by atoms with Gasteiger partial charge in [0.05, 0.1) is 29.1 Å². The molecule has 128 valence electrons. The predicted octanol–water partition coefficient (Wildman–Crippen LogP) is 4.91. The van der Waals surface area contributed by atoms with Gasteiger partial charge in [-0.25, -0.2) is 0 Å². The van der Waals surface area contributed by atoms with Gasteiger partial charge in [0.1, 0.15) is 0 Å². The second kappa shape index (κ2) is 7.68. The van der Waals surface area contributed by atoms with E-state index in [1.165, 1.54) is 6.20 Å². The quantitative estimate of drug-likeness (QED) is 0.691. The third-order valence-electron chi connectivity index (χ3n) is 3.80. The number of carbonyl (C=O) groups is 1. The van der Waals surface area contributed by atoms with E-state index in [0.717, 1.165) is 11.3 Å². The number of nitrogens with zero attached hydrogens (tertiary/aromatic N) is 2. The molecule has 0 spiro atoms. The molecule has 0 aliphatic carbocycles. The molecule has 26 heavy (non-hydrogen) atoms. The first-order valence-corrected chi connectivity index (χ1v) is 8.23. The predicted molar refractivity (Wildman–Crippen MR) is 103 cm³/mol. The Labute approximate surface area is 156 Å². The fraction of sp³-hybridized carbons (Fsp3) is 0.0500. The van der Waals surface area contributed by atoms with Crippen molar-refractivity contribution in [3.8, 4) is 6.07 Å². The van der Waals surface area contributed by atoms with Crippen LogP contribution in [-0.4, -0.2) is 10.9 Å². The van der Waals surface area contributed by atoms with Gasteiger partial charge in [-0.2, -0.15) is 5.26 Å². The van der Waals surface area contributed by atoms with Gasteiger partial charge in [-0.3, -0.25) is 9.78 Å². The van der Waals surface area contributed by atoms with Gasteiger partial charge < -0.3 is 10.6 Å². The lowest BCUT2D eigenvalue weighted by molar-refractivity contribution is 0.102. The second-order valence-corrected chi connectivity index (χ2v) is 6.05. The summed E-state index contributed by atoms with van der Waals surface area (Å²) in [5.74, 6) is -0.280. The van der Waals surface area contributed by atoms with Crippen LogP contribution in [0.1, 0.15) is 21.5 Å². The van der Waals surface area contributed by atoms with Crippen LogP contribution in [0.25, 0.3) is 0 Å². The summed E-state index contributed by atoms with van der Waals surface area (Å²) in [6, 6.07) is 16.2. The Hall–Kier alpha value is -3.36. The van der Waals surface area contributed by atoms with E-state index in [9.17, 15) is 4.79 Å². The summed E-state index contributed by atoms with van der Waals surface area (Å²) < 4.78 is 0. The molecule has 3 aromatic rings. The summed E-state index contributed by atoms with van der Waals surface area (Å²) in [7, 11) is 0. The van der Waals surface area contributed by atoms with E-state index in [0.29, 0.717) is 27.5 Å². The Morgan fingerprint density at radius 1 is 1.12 bits per heavy atom. The number of nitrogens with one attached hydrogen (secondary N) is 2. The molecule has 0 bridgehead atoms. The van der Waals surface area contributed by atoms with Crippen LogP contribution in [0.4, 0.5) is 17.1 Å². The first kappa shape index (κ1) is 17.5. The molecule has 2 aromatic carbocycles. The highest BCUT2D eigenvalue weighted by molar-refractivity contribution is 6.31. The molecule has 3 rings (SSSR count). The number of nitriles is 1. The lowest BCUT2D eigenvalue weighted by atomic mass is 10.1. The molecule has 0 atom stereocenters. The Morgan fingerprint density at radius 2 is 1.92 bits per heavy atom. The molecule has 0 fully saturated rings. The number of amides is 1. The SMILES string of the molecule is Cc1c(Cl)cccc1NC(=O)c1cncc(Nc2cccc(C#N)c2)c1. The van der Waals surface area contributed by atoms with Crippen LogP contribution >= 0.6 is 11.6 Å². The van der Waals surface area contributed by atoms with Crippen molar-refractivity contribution in [1.82, 2.24) is 4.98 Å². The maximum atomic E-state index is 12.5. The standard InChI is InChI=1S/C20H15ClN4O/c1-13-18(21)6-3-7-19(13)25-20(26)15-9-17(12-23-11-15)24-16-5-2-4-14(8-16)10-22/h2-9,11-12,24H,1H3,(H,25,26). The normalized spacial score (nSPS) is 10.0. The molecule has 1 heterocycles. The summed E-state index contributed by atoms with van der Waals surface area (Å²) in [6.07, 6.45) is 3.10. The van der Waals surface area contributed by atoms with E-state index in [2.05, 4.69) is 21.7 Å². The van der Waals surface area contributed by atoms with Gasteiger partial charge in [0, 0.05) is 22.6 Å². The smallest absolute Gasteiger partial charge is 0.257 e. The molecule has 2 N–H and O–H groups in total. The molecular formula is C20H15ClN4O. The van der Waals surface area contributed by atoms with Crippen molar-refractivity contribution in [3.05, 3.63) is 82.6 Å². The minimum atomic E-state index is -0.280. The zero-order chi connectivity index (χ0) is 18.5. The van der Waals surface area contributed by atoms with Crippen LogP contribution in [0.5, 0.6) is 0 Å². The van der Waals surface area contributed by atoms with Crippen molar-refractivity contribution < 1.29 is 4.79 Å². The zero-order valence-electron chi connectivity index (χ0n) is 14.0. The third kappa shape index (κ3) is 4.00. The van der Waals surface area contributed by atoms with Gasteiger partial charge in [-0.15, -0.1) is 0 Å². The number of rotatable bonds is 4. The van der Waals surface area contributed by atoms with E-state index in [-0.39, 0.29) is 5.91 Å². The lowest BCUT2D eigenvalue weighted by Crippen LogP contribution is -2.13. The van der Waals surface area contributed by atoms with Crippen LogP contribution in [0.2, 0.25) is 5.02 Å². The summed E-state index contributed by atoms with van der Waals surface area (Å²) in [5.41, 5.74) is 3.81. The first-order chi connectivity index (χ1) is 12.6. The lowest BCUT2D eigenvalue weighted by Gasteiger charge is -2.11. The molecule has 0 aliphatic rings. The molecule has 6 heteroatoms. The number of halogens is 1. The number of hydrogen-bond acceptors (Lipinski definition) is 4. The van der Waals surface area contributed by atoms with Gasteiger partial charge in [-0.1, -0.05) is 23.7 Å². The summed E-state index contributed by atoms with van der Waals surface area (Å²) in [4.78, 5) is 16.6. The minimum Gasteiger partial charge on any atom is -0.354 e. The number of carbonyl (C=O) groups excluding carboxylic acids is 1. The highest BCUT2D eigenvalue weighted by Crippen LogP contribution is 2.24. The van der Waals surface area contributed by atoms with Crippen molar-refractivity contribution in [1.29, 1.82) is 5.26 Å². The van der Waals surface area contributed by atoms with E-state index in [4.69, 9.17) is 16.9 Å². The van der Waals surface area contributed by atoms with Crippen molar-refractivity contribution in [3.63, 3.8) is 0 Å². The van der Waals surface area contributed by atoms with Crippen molar-refractivity contribution in [2.75, 3.05) is 10.6 Å². The Balaban J connectivity index is 1.79. The number of benzene rings is 2. The Kier molecular flexibility index (Phi) is 5.16. The van der Waals surface area contributed by atoms with Crippen molar-refractivity contribution in [2.45, 2.75) is 6.92 Å². The maximum Gasteiger partial charge on any atom is 0.257 e. The van der Waals surface area contributed by atoms with Crippen LogP contribution < -0.4 is 10.6 Å². The fourth-order valence-electron chi connectivity index (χ4n) is 2.40. The van der Waals surface area contributed by atoms with Gasteiger partial charge >= 0.3 is 0 Å². The largest absolute Gasteiger partial charge is 0.354 e. The molecule has 0 aliphatic heterocycles. The van der Waals surface area contributed by atoms with E-state index < -0.39 is 0 Å². The summed E-state index contributed by atoms with van der Waals surface area (Å²) in [5, 5.41) is 15.6. The molecule has 0 unspecified atom stereocenters. The van der Waals surface area contributed by atoms with Gasteiger partial charge in [0.2, 0.25) is 0 Å². The topological polar surface area (TPSA) is 77.8 Å². The second-order valence-electron chi connectivity index (χ2n) is 5.65. The average molecular weight is 363 g/mol. The Morgan fingerprint density at radius 3 is 2.73 bits per heavy atom. The van der Waals surface area contributed by atoms with E-state index in [1.807, 2.05) is 13.0 Å². The molecule has 0 radical (unpaired) electrons. The van der Waals surface area contributed by atoms with E-state index >= 15 is 0 Å². The van der Waals surface area contributed by atoms with Crippen LogP contribution in [0.15, 0.2) is 60.9 Å². The van der Waals surface area contributed by atoms with Crippen molar-refractivity contribution in [2.24, 2.45) is 0 Å². The number of hydrogen-bond donors (Lipinski definition) is 2. The van der Waals surface area contributed by atoms with Crippen molar-refractivity contribution >= 4 is 34.6 Å². The number of anilines is 3. The van der Waals surface area contributed by atoms with Crippen LogP contribution in [-0.2, 0) is 0 Å². The Bertz CT molecular complexity index is 1010. The molecule has 0 saturated heterocycles. The fourth-order valence-corrected chi connectivity index (χ4v) is 2.58. The van der Waals surface area contributed by atoms with Gasteiger partial charge in [0.15, 0.2) is 0 Å². The third-order valence-corrected chi connectivity index (χ3v) is 4.21. The summed E-state index contributed by atoms with van der Waals surface area (Å²) in [6.45, 7) is 1.84. The molecular weight excluding hydrogens is 348 g/mol. The highest BCUT2D eigenvalue weighted by Gasteiger charge is 2.10. The molecule has 1 aromatic heterocycles. The molecule has 1 amide bonds. The number of pyridine rings is 1. The molecule has 5 nitrogen and oxygen atoms in total. The highest BCUT2D eigenvalue weighted by atomic mass is 35.5. The van der Waals surface area contributed by atoms with Crippen LogP contribution in [0, 0.1) is 18.3 Å². The average Bonchev–Trinajstić information content (AvgIpc) is 2.66. The zero-order valence-corrected chi connectivity index (χ0v) is 14.7. The molecule has 0 saturated carbocycles. The first-order valence-electron chi connectivity index (χ1n) is 7.85. The minimum absolute atomic E-state index is 0.280. The number of aromatic nitrogens is 1. The monoisotopic (exact) mass is 362 g/mol. The van der Waals surface area contributed by atoms with Crippen LogP contribution in [0.3, 0.4) is 0 Å². The van der Waals surface area contributed by atoms with E-state index in [1.54, 1.807) is 48.7 Å². The van der Waals surface area contributed by atoms with Gasteiger partial charge in [0.25, 0.3) is 5.91 Å². The maximum absolute atomic E-state index is 12.5. The van der Waals surface area contributed by atoms with Gasteiger partial charge in [-0.05, 0) is 48.9 Å².